The summed E-state index contributed by atoms with van der Waals surface area (Å²) in [5.74, 6) is 0.205. The van der Waals surface area contributed by atoms with Crippen LogP contribution in [0.5, 0.6) is 5.75 Å². The Morgan fingerprint density at radius 2 is 2.05 bits per heavy atom. The summed E-state index contributed by atoms with van der Waals surface area (Å²) < 4.78 is 18.4. The van der Waals surface area contributed by atoms with Crippen molar-refractivity contribution in [1.29, 1.82) is 0 Å². The van der Waals surface area contributed by atoms with E-state index in [1.165, 1.54) is 31.4 Å². The van der Waals surface area contributed by atoms with Crippen LogP contribution < -0.4 is 10.1 Å². The smallest absolute Gasteiger partial charge is 0.270 e. The van der Waals surface area contributed by atoms with Crippen molar-refractivity contribution in [2.24, 2.45) is 0 Å². The summed E-state index contributed by atoms with van der Waals surface area (Å²) in [4.78, 5) is 10.4. The van der Waals surface area contributed by atoms with Crippen molar-refractivity contribution in [3.8, 4) is 5.75 Å². The second-order valence-corrected chi connectivity index (χ2v) is 4.57. The van der Waals surface area contributed by atoms with Crippen LogP contribution in [0.15, 0.2) is 36.4 Å². The van der Waals surface area contributed by atoms with E-state index in [1.807, 2.05) is 6.92 Å². The number of halogens is 1. The van der Waals surface area contributed by atoms with E-state index < -0.39 is 4.92 Å². The maximum Gasteiger partial charge on any atom is 0.270 e. The van der Waals surface area contributed by atoms with E-state index in [0.717, 1.165) is 5.56 Å². The fourth-order valence-electron chi connectivity index (χ4n) is 1.99. The van der Waals surface area contributed by atoms with Crippen molar-refractivity contribution in [2.45, 2.75) is 13.5 Å². The molecule has 0 radical (unpaired) electrons. The molecule has 110 valence electrons. The number of nitrogens with zero attached hydrogens (tertiary/aromatic N) is 1. The minimum Gasteiger partial charge on any atom is -0.496 e. The number of nitro groups is 1. The first-order valence-corrected chi connectivity index (χ1v) is 6.32. The Balaban J connectivity index is 2.24. The molecule has 0 unspecified atom stereocenters. The van der Waals surface area contributed by atoms with E-state index >= 15 is 0 Å². The summed E-state index contributed by atoms with van der Waals surface area (Å²) in [5, 5.41) is 13.9. The van der Waals surface area contributed by atoms with Crippen LogP contribution in [-0.4, -0.2) is 12.0 Å². The molecule has 2 aromatic carbocycles. The van der Waals surface area contributed by atoms with Gasteiger partial charge in [-0.15, -0.1) is 0 Å². The number of ether oxygens (including phenoxy) is 1. The van der Waals surface area contributed by atoms with Gasteiger partial charge in [-0.2, -0.15) is 0 Å². The van der Waals surface area contributed by atoms with E-state index in [4.69, 9.17) is 4.74 Å². The second kappa shape index (κ2) is 6.21. The zero-order valence-corrected chi connectivity index (χ0v) is 11.7. The topological polar surface area (TPSA) is 64.4 Å². The van der Waals surface area contributed by atoms with E-state index in [1.54, 1.807) is 12.1 Å². The van der Waals surface area contributed by atoms with E-state index in [0.29, 0.717) is 23.5 Å². The highest BCUT2D eigenvalue weighted by Crippen LogP contribution is 2.25. The fraction of sp³-hybridized carbons (Fsp3) is 0.200. The summed E-state index contributed by atoms with van der Waals surface area (Å²) >= 11 is 0. The normalized spacial score (nSPS) is 10.2. The van der Waals surface area contributed by atoms with Gasteiger partial charge in [-0.1, -0.05) is 6.07 Å². The third kappa shape index (κ3) is 3.47. The number of aryl methyl sites for hydroxylation is 1. The van der Waals surface area contributed by atoms with Gasteiger partial charge in [-0.05, 0) is 30.7 Å². The zero-order chi connectivity index (χ0) is 15.4. The molecule has 0 saturated heterocycles. The molecule has 0 heterocycles. The lowest BCUT2D eigenvalue weighted by Gasteiger charge is -2.12. The first-order chi connectivity index (χ1) is 10.0. The quantitative estimate of drug-likeness (QED) is 0.674. The summed E-state index contributed by atoms with van der Waals surface area (Å²) in [6, 6.07) is 8.82. The largest absolute Gasteiger partial charge is 0.496 e. The molecule has 0 aliphatic carbocycles. The summed E-state index contributed by atoms with van der Waals surface area (Å²) in [6.45, 7) is 2.15. The Bertz CT molecular complexity index is 674. The number of hydrogen-bond donors (Lipinski definition) is 1. The van der Waals surface area contributed by atoms with E-state index in [2.05, 4.69) is 5.32 Å². The summed E-state index contributed by atoms with van der Waals surface area (Å²) in [6.07, 6.45) is 0. The van der Waals surface area contributed by atoms with Gasteiger partial charge in [0.25, 0.3) is 5.69 Å². The number of benzene rings is 2. The first kappa shape index (κ1) is 14.8. The highest BCUT2D eigenvalue weighted by Gasteiger charge is 2.11. The lowest BCUT2D eigenvalue weighted by Crippen LogP contribution is -2.04. The molecule has 1 N–H and O–H groups in total. The molecule has 2 rings (SSSR count). The monoisotopic (exact) mass is 290 g/mol. The minimum absolute atomic E-state index is 0.0106. The molecule has 2 aromatic rings. The molecule has 0 aliphatic heterocycles. The van der Waals surface area contributed by atoms with Gasteiger partial charge in [0.2, 0.25) is 0 Å². The summed E-state index contributed by atoms with van der Waals surface area (Å²) in [7, 11) is 1.50. The highest BCUT2D eigenvalue weighted by atomic mass is 19.1. The van der Waals surface area contributed by atoms with Gasteiger partial charge in [0.15, 0.2) is 0 Å². The number of anilines is 1. The fourth-order valence-corrected chi connectivity index (χ4v) is 1.99. The lowest BCUT2D eigenvalue weighted by molar-refractivity contribution is -0.384. The Hall–Kier alpha value is -2.63. The molecule has 0 fully saturated rings. The molecule has 0 saturated carbocycles. The standard InChI is InChI=1S/C15H15FN2O3/c1-10-3-4-12(16)8-14(10)17-9-11-7-13(18(19)20)5-6-15(11)21-2/h3-8,17H,9H2,1-2H3. The van der Waals surface area contributed by atoms with Gasteiger partial charge in [-0.3, -0.25) is 10.1 Å². The van der Waals surface area contributed by atoms with Crippen molar-refractivity contribution in [3.05, 3.63) is 63.5 Å². The molecule has 0 spiro atoms. The molecule has 0 atom stereocenters. The highest BCUT2D eigenvalue weighted by molar-refractivity contribution is 5.52. The maximum atomic E-state index is 13.2. The predicted molar refractivity (Wildman–Crippen MR) is 78.1 cm³/mol. The van der Waals surface area contributed by atoms with E-state index in [9.17, 15) is 14.5 Å². The SMILES string of the molecule is COc1ccc([N+](=O)[O-])cc1CNc1cc(F)ccc1C. The zero-order valence-electron chi connectivity index (χ0n) is 11.7. The lowest BCUT2D eigenvalue weighted by atomic mass is 10.1. The predicted octanol–water partition coefficient (Wildman–Crippen LogP) is 3.66. The van der Waals surface area contributed by atoms with E-state index in [-0.39, 0.29) is 11.5 Å². The number of nitrogens with one attached hydrogen (secondary N) is 1. The van der Waals surface area contributed by atoms with Crippen molar-refractivity contribution in [1.82, 2.24) is 0 Å². The van der Waals surface area contributed by atoms with Crippen molar-refractivity contribution in [3.63, 3.8) is 0 Å². The Morgan fingerprint density at radius 1 is 1.29 bits per heavy atom. The van der Waals surface area contributed by atoms with Crippen LogP contribution in [0.4, 0.5) is 15.8 Å². The Kier molecular flexibility index (Phi) is 4.37. The minimum atomic E-state index is -0.462. The van der Waals surface area contributed by atoms with Crippen molar-refractivity contribution >= 4 is 11.4 Å². The molecule has 0 aliphatic rings. The number of nitro benzene ring substituents is 1. The molecular formula is C15H15FN2O3. The summed E-state index contributed by atoms with van der Waals surface area (Å²) in [5.41, 5.74) is 2.16. The molecule has 0 aromatic heterocycles. The first-order valence-electron chi connectivity index (χ1n) is 6.32. The number of methoxy groups -OCH3 is 1. The van der Waals surface area contributed by atoms with Gasteiger partial charge in [-0.25, -0.2) is 4.39 Å². The van der Waals surface area contributed by atoms with Gasteiger partial charge < -0.3 is 10.1 Å². The van der Waals surface area contributed by atoms with Gasteiger partial charge in [0, 0.05) is 29.9 Å². The molecule has 5 nitrogen and oxygen atoms in total. The average molecular weight is 290 g/mol. The number of non-ortho nitro benzene ring substituents is 1. The van der Waals surface area contributed by atoms with Gasteiger partial charge in [0.1, 0.15) is 11.6 Å². The van der Waals surface area contributed by atoms with Crippen molar-refractivity contribution in [2.75, 3.05) is 12.4 Å². The maximum absolute atomic E-state index is 13.2. The van der Waals surface area contributed by atoms with Crippen LogP contribution in [0.25, 0.3) is 0 Å². The van der Waals surface area contributed by atoms with Crippen molar-refractivity contribution < 1.29 is 14.1 Å². The number of hydrogen-bond acceptors (Lipinski definition) is 4. The van der Waals surface area contributed by atoms with Crippen LogP contribution in [0.3, 0.4) is 0 Å². The van der Waals surface area contributed by atoms with Gasteiger partial charge in [0.05, 0.1) is 12.0 Å². The Labute approximate surface area is 121 Å². The van der Waals surface area contributed by atoms with Crippen LogP contribution in [0, 0.1) is 22.9 Å². The molecule has 6 heteroatoms. The van der Waals surface area contributed by atoms with Gasteiger partial charge >= 0.3 is 0 Å². The van der Waals surface area contributed by atoms with Crippen LogP contribution in [0.2, 0.25) is 0 Å². The second-order valence-electron chi connectivity index (χ2n) is 4.57. The third-order valence-corrected chi connectivity index (χ3v) is 3.14. The van der Waals surface area contributed by atoms with Crippen LogP contribution in [-0.2, 0) is 6.54 Å². The molecule has 0 bridgehead atoms. The third-order valence-electron chi connectivity index (χ3n) is 3.14. The molecule has 21 heavy (non-hydrogen) atoms. The average Bonchev–Trinajstić information content (AvgIpc) is 2.47. The Morgan fingerprint density at radius 3 is 2.71 bits per heavy atom. The van der Waals surface area contributed by atoms with Crippen LogP contribution >= 0.6 is 0 Å². The van der Waals surface area contributed by atoms with Crippen LogP contribution in [0.1, 0.15) is 11.1 Å². The molecular weight excluding hydrogens is 275 g/mol. The molecule has 0 amide bonds. The number of rotatable bonds is 5.